The SMILES string of the molecule is CC(C)(C)Cc1nn(-c2cccc(Br)c2)c(N)c1Cl. The van der Waals surface area contributed by atoms with Crippen LogP contribution in [0.2, 0.25) is 5.02 Å². The van der Waals surface area contributed by atoms with Crippen molar-refractivity contribution in [2.45, 2.75) is 27.2 Å². The summed E-state index contributed by atoms with van der Waals surface area (Å²) in [4.78, 5) is 0. The standard InChI is InChI=1S/C14H17BrClN3/c1-14(2,3)8-11-12(16)13(17)19(18-11)10-6-4-5-9(15)7-10/h4-7H,8,17H2,1-3H3. The van der Waals surface area contributed by atoms with Gasteiger partial charge in [0.25, 0.3) is 0 Å². The average Bonchev–Trinajstić information content (AvgIpc) is 2.55. The molecule has 0 amide bonds. The number of nitrogens with zero attached hydrogens (tertiary/aromatic N) is 2. The normalized spacial score (nSPS) is 11.8. The third-order valence-corrected chi connectivity index (χ3v) is 3.58. The molecule has 0 aliphatic heterocycles. The van der Waals surface area contributed by atoms with Crippen molar-refractivity contribution in [3.63, 3.8) is 0 Å². The zero-order chi connectivity index (χ0) is 14.2. The van der Waals surface area contributed by atoms with Crippen LogP contribution < -0.4 is 5.73 Å². The number of halogens is 2. The summed E-state index contributed by atoms with van der Waals surface area (Å²) in [6.45, 7) is 6.45. The lowest BCUT2D eigenvalue weighted by Gasteiger charge is -2.16. The summed E-state index contributed by atoms with van der Waals surface area (Å²) < 4.78 is 2.67. The van der Waals surface area contributed by atoms with Crippen LogP contribution in [0, 0.1) is 5.41 Å². The molecule has 0 aliphatic rings. The van der Waals surface area contributed by atoms with Crippen molar-refractivity contribution < 1.29 is 0 Å². The fourth-order valence-electron chi connectivity index (χ4n) is 1.88. The molecular weight excluding hydrogens is 326 g/mol. The zero-order valence-corrected chi connectivity index (χ0v) is 13.6. The molecular formula is C14H17BrClN3. The van der Waals surface area contributed by atoms with Crippen molar-refractivity contribution in [2.75, 3.05) is 5.73 Å². The first kappa shape index (κ1) is 14.4. The van der Waals surface area contributed by atoms with E-state index in [0.29, 0.717) is 10.8 Å². The van der Waals surface area contributed by atoms with Gasteiger partial charge in [0.15, 0.2) is 0 Å². The Morgan fingerprint density at radius 1 is 1.37 bits per heavy atom. The van der Waals surface area contributed by atoms with Gasteiger partial charge in [-0.3, -0.25) is 0 Å². The molecule has 0 aliphatic carbocycles. The Kier molecular flexibility index (Phi) is 3.92. The van der Waals surface area contributed by atoms with Crippen LogP contribution in [-0.4, -0.2) is 9.78 Å². The van der Waals surface area contributed by atoms with E-state index >= 15 is 0 Å². The van der Waals surface area contributed by atoms with Gasteiger partial charge < -0.3 is 5.73 Å². The molecule has 5 heteroatoms. The Morgan fingerprint density at radius 3 is 2.63 bits per heavy atom. The Morgan fingerprint density at radius 2 is 2.05 bits per heavy atom. The first-order valence-corrected chi connectivity index (χ1v) is 7.24. The number of anilines is 1. The molecule has 0 fully saturated rings. The second kappa shape index (κ2) is 5.17. The molecule has 1 aromatic carbocycles. The monoisotopic (exact) mass is 341 g/mol. The Bertz CT molecular complexity index is 599. The van der Waals surface area contributed by atoms with Gasteiger partial charge in [-0.25, -0.2) is 4.68 Å². The van der Waals surface area contributed by atoms with Crippen molar-refractivity contribution >= 4 is 33.3 Å². The predicted molar refractivity (Wildman–Crippen MR) is 83.8 cm³/mol. The van der Waals surface area contributed by atoms with E-state index in [1.165, 1.54) is 0 Å². The quantitative estimate of drug-likeness (QED) is 0.875. The lowest BCUT2D eigenvalue weighted by atomic mass is 9.91. The molecule has 0 radical (unpaired) electrons. The molecule has 2 N–H and O–H groups in total. The van der Waals surface area contributed by atoms with E-state index < -0.39 is 0 Å². The van der Waals surface area contributed by atoms with Crippen LogP contribution in [0.3, 0.4) is 0 Å². The summed E-state index contributed by atoms with van der Waals surface area (Å²) in [6.07, 6.45) is 0.789. The van der Waals surface area contributed by atoms with Gasteiger partial charge in [-0.15, -0.1) is 0 Å². The predicted octanol–water partition coefficient (Wildman–Crippen LogP) is 4.46. The second-order valence-electron chi connectivity index (χ2n) is 5.78. The maximum Gasteiger partial charge on any atom is 0.146 e. The highest BCUT2D eigenvalue weighted by Crippen LogP contribution is 2.31. The van der Waals surface area contributed by atoms with Crippen molar-refractivity contribution in [1.29, 1.82) is 0 Å². The molecule has 0 unspecified atom stereocenters. The Balaban J connectivity index is 2.46. The molecule has 2 aromatic rings. The van der Waals surface area contributed by atoms with Crippen molar-refractivity contribution in [1.82, 2.24) is 9.78 Å². The minimum absolute atomic E-state index is 0.118. The minimum Gasteiger partial charge on any atom is -0.382 e. The maximum atomic E-state index is 6.29. The topological polar surface area (TPSA) is 43.8 Å². The Labute approximate surface area is 126 Å². The lowest BCUT2D eigenvalue weighted by molar-refractivity contribution is 0.405. The van der Waals surface area contributed by atoms with Crippen LogP contribution in [0.5, 0.6) is 0 Å². The van der Waals surface area contributed by atoms with E-state index in [0.717, 1.165) is 22.3 Å². The third kappa shape index (κ3) is 3.31. The molecule has 1 aromatic heterocycles. The van der Waals surface area contributed by atoms with Gasteiger partial charge in [0, 0.05) is 4.47 Å². The van der Waals surface area contributed by atoms with Crippen molar-refractivity contribution in [3.8, 4) is 5.69 Å². The molecule has 3 nitrogen and oxygen atoms in total. The molecule has 1 heterocycles. The number of hydrogen-bond acceptors (Lipinski definition) is 2. The average molecular weight is 343 g/mol. The molecule has 0 atom stereocenters. The van der Waals surface area contributed by atoms with E-state index in [4.69, 9.17) is 17.3 Å². The molecule has 0 saturated heterocycles. The van der Waals surface area contributed by atoms with Gasteiger partial charge in [0.1, 0.15) is 10.8 Å². The summed E-state index contributed by atoms with van der Waals surface area (Å²) in [5.41, 5.74) is 7.91. The number of hydrogen-bond donors (Lipinski definition) is 1. The summed E-state index contributed by atoms with van der Waals surface area (Å²) in [7, 11) is 0. The fourth-order valence-corrected chi connectivity index (χ4v) is 2.45. The Hall–Kier alpha value is -1.00. The van der Waals surface area contributed by atoms with Gasteiger partial charge in [0.2, 0.25) is 0 Å². The number of aromatic nitrogens is 2. The van der Waals surface area contributed by atoms with Crippen LogP contribution in [0.15, 0.2) is 28.7 Å². The van der Waals surface area contributed by atoms with Gasteiger partial charge in [-0.05, 0) is 30.0 Å². The fraction of sp³-hybridized carbons (Fsp3) is 0.357. The first-order valence-electron chi connectivity index (χ1n) is 6.07. The van der Waals surface area contributed by atoms with E-state index in [-0.39, 0.29) is 5.41 Å². The third-order valence-electron chi connectivity index (χ3n) is 2.68. The molecule has 2 rings (SSSR count). The maximum absolute atomic E-state index is 6.29. The van der Waals surface area contributed by atoms with E-state index in [1.807, 2.05) is 24.3 Å². The summed E-state index contributed by atoms with van der Waals surface area (Å²) in [5.74, 6) is 0.485. The van der Waals surface area contributed by atoms with Gasteiger partial charge in [-0.2, -0.15) is 5.10 Å². The number of nitrogens with two attached hydrogens (primary N) is 1. The number of nitrogen functional groups attached to an aromatic ring is 1. The minimum atomic E-state index is 0.118. The summed E-state index contributed by atoms with van der Waals surface area (Å²) in [6, 6.07) is 7.81. The molecule has 19 heavy (non-hydrogen) atoms. The van der Waals surface area contributed by atoms with Gasteiger partial charge >= 0.3 is 0 Å². The van der Waals surface area contributed by atoms with Crippen molar-refractivity contribution in [3.05, 3.63) is 39.5 Å². The molecule has 102 valence electrons. The zero-order valence-electron chi connectivity index (χ0n) is 11.2. The second-order valence-corrected chi connectivity index (χ2v) is 7.07. The number of benzene rings is 1. The van der Waals surface area contributed by atoms with Crippen LogP contribution in [0.4, 0.5) is 5.82 Å². The smallest absolute Gasteiger partial charge is 0.146 e. The van der Waals surface area contributed by atoms with Gasteiger partial charge in [-0.1, -0.05) is 54.4 Å². The van der Waals surface area contributed by atoms with Crippen molar-refractivity contribution in [2.24, 2.45) is 5.41 Å². The first-order chi connectivity index (χ1) is 8.78. The molecule has 0 saturated carbocycles. The summed E-state index contributed by atoms with van der Waals surface area (Å²) >= 11 is 9.73. The van der Waals surface area contributed by atoms with Crippen LogP contribution >= 0.6 is 27.5 Å². The van der Waals surface area contributed by atoms with Gasteiger partial charge in [0.05, 0.1) is 11.4 Å². The van der Waals surface area contributed by atoms with E-state index in [1.54, 1.807) is 4.68 Å². The summed E-state index contributed by atoms with van der Waals surface area (Å²) in [5, 5.41) is 5.10. The molecule has 0 bridgehead atoms. The highest BCUT2D eigenvalue weighted by molar-refractivity contribution is 9.10. The van der Waals surface area contributed by atoms with E-state index in [9.17, 15) is 0 Å². The van der Waals surface area contributed by atoms with Crippen LogP contribution in [0.1, 0.15) is 26.5 Å². The van der Waals surface area contributed by atoms with Crippen LogP contribution in [-0.2, 0) is 6.42 Å². The lowest BCUT2D eigenvalue weighted by Crippen LogP contribution is -2.10. The highest BCUT2D eigenvalue weighted by Gasteiger charge is 2.20. The number of rotatable bonds is 2. The largest absolute Gasteiger partial charge is 0.382 e. The molecule has 0 spiro atoms. The van der Waals surface area contributed by atoms with Crippen LogP contribution in [0.25, 0.3) is 5.69 Å². The highest BCUT2D eigenvalue weighted by atomic mass is 79.9. The van der Waals surface area contributed by atoms with E-state index in [2.05, 4.69) is 41.8 Å².